The average molecular weight is 382 g/mol. The van der Waals surface area contributed by atoms with Gasteiger partial charge in [0.05, 0.1) is 12.0 Å². The summed E-state index contributed by atoms with van der Waals surface area (Å²) in [6.45, 7) is 1.81. The minimum absolute atomic E-state index is 0.0890. The first-order chi connectivity index (χ1) is 11.6. The predicted octanol–water partition coefficient (Wildman–Crippen LogP) is 2.25. The van der Waals surface area contributed by atoms with Crippen molar-refractivity contribution >= 4 is 19.7 Å². The van der Waals surface area contributed by atoms with Crippen molar-refractivity contribution in [3.63, 3.8) is 0 Å². The standard InChI is InChI=1S/C17H18O6S2/c1-12-7-9-15(10-8-12)25(20,21)17(24(3,18)19)16(23-17)13-5-4-6-14(11-13)22-2/h4-11,16H,1-3H3/t16-,17-/m0/s1. The van der Waals surface area contributed by atoms with Gasteiger partial charge in [0.15, 0.2) is 9.84 Å². The lowest BCUT2D eigenvalue weighted by Crippen LogP contribution is -2.34. The van der Waals surface area contributed by atoms with E-state index in [9.17, 15) is 16.8 Å². The summed E-state index contributed by atoms with van der Waals surface area (Å²) < 4.78 is 59.1. The predicted molar refractivity (Wildman–Crippen MR) is 92.8 cm³/mol. The lowest BCUT2D eigenvalue weighted by Gasteiger charge is -2.13. The highest BCUT2D eigenvalue weighted by molar-refractivity contribution is 8.10. The van der Waals surface area contributed by atoms with E-state index in [-0.39, 0.29) is 4.90 Å². The van der Waals surface area contributed by atoms with Crippen LogP contribution in [0.25, 0.3) is 0 Å². The van der Waals surface area contributed by atoms with Crippen molar-refractivity contribution in [1.29, 1.82) is 0 Å². The molecule has 0 saturated carbocycles. The second-order valence-corrected chi connectivity index (χ2v) is 10.5. The fourth-order valence-electron chi connectivity index (χ4n) is 2.77. The number of ether oxygens (including phenoxy) is 2. The van der Waals surface area contributed by atoms with Gasteiger partial charge in [-0.2, -0.15) is 0 Å². The van der Waals surface area contributed by atoms with E-state index >= 15 is 0 Å². The molecular formula is C17H18O6S2. The van der Waals surface area contributed by atoms with Gasteiger partial charge in [0.2, 0.25) is 9.84 Å². The molecule has 1 saturated heterocycles. The van der Waals surface area contributed by atoms with Crippen LogP contribution in [0.3, 0.4) is 0 Å². The summed E-state index contributed by atoms with van der Waals surface area (Å²) in [6.07, 6.45) is -0.234. The Labute approximate surface area is 147 Å². The molecule has 134 valence electrons. The smallest absolute Gasteiger partial charge is 0.306 e. The molecule has 3 rings (SSSR count). The van der Waals surface area contributed by atoms with E-state index < -0.39 is 30.0 Å². The van der Waals surface area contributed by atoms with E-state index in [0.29, 0.717) is 11.3 Å². The Hall–Kier alpha value is -1.90. The maximum atomic E-state index is 13.1. The molecule has 1 aliphatic rings. The monoisotopic (exact) mass is 382 g/mol. The molecule has 0 bridgehead atoms. The molecule has 25 heavy (non-hydrogen) atoms. The molecule has 0 aromatic heterocycles. The summed E-state index contributed by atoms with van der Waals surface area (Å²) in [5.74, 6) is 0.489. The van der Waals surface area contributed by atoms with Crippen LogP contribution in [0.5, 0.6) is 5.75 Å². The Bertz CT molecular complexity index is 1010. The highest BCUT2D eigenvalue weighted by atomic mass is 32.3. The largest absolute Gasteiger partial charge is 0.497 e. The summed E-state index contributed by atoms with van der Waals surface area (Å²) in [4.78, 5) is -0.0890. The van der Waals surface area contributed by atoms with Gasteiger partial charge in [-0.1, -0.05) is 29.8 Å². The molecule has 2 aromatic rings. The highest BCUT2D eigenvalue weighted by Gasteiger charge is 2.74. The van der Waals surface area contributed by atoms with Gasteiger partial charge in [0.1, 0.15) is 11.9 Å². The first-order valence-corrected chi connectivity index (χ1v) is 10.8. The molecule has 0 spiro atoms. The van der Waals surface area contributed by atoms with Crippen LogP contribution < -0.4 is 4.74 Å². The van der Waals surface area contributed by atoms with E-state index in [1.807, 2.05) is 6.92 Å². The van der Waals surface area contributed by atoms with Gasteiger partial charge in [-0.3, -0.25) is 0 Å². The lowest BCUT2D eigenvalue weighted by atomic mass is 10.1. The molecule has 0 unspecified atom stereocenters. The zero-order chi connectivity index (χ0) is 18.5. The molecule has 2 aromatic carbocycles. The van der Waals surface area contributed by atoms with Crippen LogP contribution in [0.2, 0.25) is 0 Å². The van der Waals surface area contributed by atoms with E-state index in [0.717, 1.165) is 11.8 Å². The van der Waals surface area contributed by atoms with Crippen molar-refractivity contribution in [3.8, 4) is 5.75 Å². The quantitative estimate of drug-likeness (QED) is 0.737. The van der Waals surface area contributed by atoms with E-state index in [4.69, 9.17) is 9.47 Å². The SMILES string of the molecule is COc1cccc([C@@H]2O[C@@]2(S(C)(=O)=O)S(=O)(=O)c2ccc(C)cc2)c1. The van der Waals surface area contributed by atoms with Crippen molar-refractivity contribution in [1.82, 2.24) is 0 Å². The Morgan fingerprint density at radius 2 is 1.68 bits per heavy atom. The van der Waals surface area contributed by atoms with Gasteiger partial charge >= 0.3 is 4.27 Å². The van der Waals surface area contributed by atoms with E-state index in [1.54, 1.807) is 36.4 Å². The van der Waals surface area contributed by atoms with Crippen molar-refractivity contribution < 1.29 is 26.3 Å². The van der Waals surface area contributed by atoms with E-state index in [1.165, 1.54) is 19.2 Å². The Kier molecular flexibility index (Phi) is 4.17. The second kappa shape index (κ2) is 5.82. The number of methoxy groups -OCH3 is 1. The fraction of sp³-hybridized carbons (Fsp3) is 0.294. The van der Waals surface area contributed by atoms with Crippen LogP contribution in [0.4, 0.5) is 0 Å². The Balaban J connectivity index is 2.13. The summed E-state index contributed by atoms with van der Waals surface area (Å²) >= 11 is 0. The topological polar surface area (TPSA) is 90.0 Å². The first kappa shape index (κ1) is 17.9. The third kappa shape index (κ3) is 2.74. The molecule has 0 amide bonds. The molecule has 1 aliphatic heterocycles. The number of benzene rings is 2. The minimum Gasteiger partial charge on any atom is -0.497 e. The van der Waals surface area contributed by atoms with Gasteiger partial charge in [-0.25, -0.2) is 16.8 Å². The summed E-state index contributed by atoms with van der Waals surface area (Å²) in [6, 6.07) is 12.5. The number of hydrogen-bond acceptors (Lipinski definition) is 6. The molecule has 8 heteroatoms. The maximum Gasteiger partial charge on any atom is 0.306 e. The van der Waals surface area contributed by atoms with Crippen molar-refractivity contribution in [2.75, 3.05) is 13.4 Å². The van der Waals surface area contributed by atoms with Gasteiger partial charge in [0, 0.05) is 6.26 Å². The molecule has 2 atom stereocenters. The molecule has 0 radical (unpaired) electrons. The lowest BCUT2D eigenvalue weighted by molar-refractivity contribution is 0.378. The Morgan fingerprint density at radius 1 is 1.04 bits per heavy atom. The molecule has 1 heterocycles. The third-order valence-corrected chi connectivity index (χ3v) is 9.03. The zero-order valence-corrected chi connectivity index (χ0v) is 15.6. The minimum atomic E-state index is -4.27. The van der Waals surface area contributed by atoms with Gasteiger partial charge in [-0.15, -0.1) is 0 Å². The number of rotatable bonds is 5. The molecular weight excluding hydrogens is 364 g/mol. The van der Waals surface area contributed by atoms with Crippen LogP contribution in [-0.4, -0.2) is 34.5 Å². The van der Waals surface area contributed by atoms with Gasteiger partial charge in [-0.05, 0) is 36.8 Å². The van der Waals surface area contributed by atoms with Gasteiger partial charge < -0.3 is 9.47 Å². The normalized spacial score (nSPS) is 23.2. The van der Waals surface area contributed by atoms with Crippen LogP contribution in [-0.2, 0) is 24.4 Å². The molecule has 1 fully saturated rings. The Morgan fingerprint density at radius 3 is 2.24 bits per heavy atom. The van der Waals surface area contributed by atoms with Crippen molar-refractivity contribution in [3.05, 3.63) is 59.7 Å². The summed E-state index contributed by atoms with van der Waals surface area (Å²) in [5.41, 5.74) is 1.30. The van der Waals surface area contributed by atoms with Gasteiger partial charge in [0.25, 0.3) is 0 Å². The highest BCUT2D eigenvalue weighted by Crippen LogP contribution is 2.58. The zero-order valence-electron chi connectivity index (χ0n) is 14.0. The molecule has 6 nitrogen and oxygen atoms in total. The summed E-state index contributed by atoms with van der Waals surface area (Å²) in [7, 11) is -6.87. The third-order valence-electron chi connectivity index (χ3n) is 4.17. The second-order valence-electron chi connectivity index (χ2n) is 5.97. The first-order valence-electron chi connectivity index (χ1n) is 7.46. The fourth-order valence-corrected chi connectivity index (χ4v) is 6.92. The van der Waals surface area contributed by atoms with Crippen LogP contribution in [0.15, 0.2) is 53.4 Å². The number of sulfone groups is 2. The van der Waals surface area contributed by atoms with Crippen LogP contribution >= 0.6 is 0 Å². The maximum absolute atomic E-state index is 13.1. The number of hydrogen-bond donors (Lipinski definition) is 0. The average Bonchev–Trinajstić information content (AvgIpc) is 3.33. The molecule has 0 N–H and O–H groups in total. The van der Waals surface area contributed by atoms with Crippen LogP contribution in [0.1, 0.15) is 17.2 Å². The van der Waals surface area contributed by atoms with Crippen molar-refractivity contribution in [2.45, 2.75) is 22.2 Å². The number of epoxide rings is 1. The summed E-state index contributed by atoms with van der Waals surface area (Å²) in [5, 5.41) is 0. The van der Waals surface area contributed by atoms with Crippen LogP contribution in [0, 0.1) is 6.92 Å². The molecule has 0 aliphatic carbocycles. The van der Waals surface area contributed by atoms with Crippen molar-refractivity contribution in [2.24, 2.45) is 0 Å². The number of aryl methyl sites for hydroxylation is 1. The van der Waals surface area contributed by atoms with E-state index in [2.05, 4.69) is 0 Å².